The van der Waals surface area contributed by atoms with E-state index in [0.717, 1.165) is 0 Å². The lowest BCUT2D eigenvalue weighted by molar-refractivity contribution is 0.187. The lowest BCUT2D eigenvalue weighted by Crippen LogP contribution is -2.01. The van der Waals surface area contributed by atoms with Gasteiger partial charge >= 0.3 is 0 Å². The van der Waals surface area contributed by atoms with Gasteiger partial charge in [-0.1, -0.05) is 69.3 Å². The molecule has 0 heterocycles. The van der Waals surface area contributed by atoms with Gasteiger partial charge in [-0.05, 0) is 23.5 Å². The van der Waals surface area contributed by atoms with Crippen molar-refractivity contribution in [3.8, 4) is 0 Å². The smallest absolute Gasteiger partial charge is 0.0681 e. The van der Waals surface area contributed by atoms with E-state index in [1.54, 1.807) is 0 Å². The number of hydrogen-bond acceptors (Lipinski definition) is 1. The van der Waals surface area contributed by atoms with Crippen LogP contribution in [0, 0.1) is 5.41 Å². The molecule has 0 aliphatic rings. The van der Waals surface area contributed by atoms with Gasteiger partial charge in [0.05, 0.1) is 13.2 Å². The summed E-state index contributed by atoms with van der Waals surface area (Å²) in [6.07, 6.45) is 6.44. The number of ether oxygens (including phenoxy) is 1. The zero-order valence-corrected chi connectivity index (χ0v) is 11.9. The van der Waals surface area contributed by atoms with Crippen molar-refractivity contribution in [2.75, 3.05) is 13.2 Å². The van der Waals surface area contributed by atoms with Gasteiger partial charge in [-0.3, -0.25) is 0 Å². The van der Waals surface area contributed by atoms with E-state index in [0.29, 0.717) is 13.2 Å². The van der Waals surface area contributed by atoms with E-state index in [2.05, 4.69) is 58.1 Å². The molecule has 98 valence electrons. The molecular weight excluding hydrogens is 220 g/mol. The van der Waals surface area contributed by atoms with Gasteiger partial charge in [0.15, 0.2) is 0 Å². The van der Waals surface area contributed by atoms with Crippen molar-refractivity contribution in [3.05, 3.63) is 53.6 Å². The van der Waals surface area contributed by atoms with Gasteiger partial charge in [0, 0.05) is 0 Å². The first kappa shape index (κ1) is 14.7. The minimum Gasteiger partial charge on any atom is -0.373 e. The molecule has 0 radical (unpaired) electrons. The van der Waals surface area contributed by atoms with Crippen LogP contribution in [0.1, 0.15) is 33.3 Å². The molecule has 0 aromatic heterocycles. The van der Waals surface area contributed by atoms with E-state index in [-0.39, 0.29) is 5.41 Å². The van der Waals surface area contributed by atoms with Crippen molar-refractivity contribution < 1.29 is 4.74 Å². The molecule has 0 atom stereocenters. The van der Waals surface area contributed by atoms with Crippen molar-refractivity contribution in [3.63, 3.8) is 0 Å². The first-order valence-electron chi connectivity index (χ1n) is 6.45. The minimum atomic E-state index is 0.234. The lowest BCUT2D eigenvalue weighted by Gasteiger charge is -2.11. The summed E-state index contributed by atoms with van der Waals surface area (Å²) < 4.78 is 5.61. The fourth-order valence-electron chi connectivity index (χ4n) is 1.57. The average molecular weight is 244 g/mol. The highest BCUT2D eigenvalue weighted by Crippen LogP contribution is 2.14. The van der Waals surface area contributed by atoms with Crippen LogP contribution in [0.25, 0.3) is 6.08 Å². The molecule has 0 saturated carbocycles. The Balaban J connectivity index is 2.32. The molecule has 0 amide bonds. The predicted octanol–water partition coefficient (Wildman–Crippen LogP) is 4.71. The minimum absolute atomic E-state index is 0.234. The van der Waals surface area contributed by atoms with E-state index in [9.17, 15) is 0 Å². The molecule has 1 aromatic rings. The van der Waals surface area contributed by atoms with Crippen LogP contribution in [-0.4, -0.2) is 13.2 Å². The van der Waals surface area contributed by atoms with Gasteiger partial charge in [-0.15, -0.1) is 0 Å². The number of benzene rings is 1. The Morgan fingerprint density at radius 1 is 1.17 bits per heavy atom. The summed E-state index contributed by atoms with van der Waals surface area (Å²) in [5, 5.41) is 0. The van der Waals surface area contributed by atoms with Crippen LogP contribution in [0.3, 0.4) is 0 Å². The Kier molecular flexibility index (Phi) is 5.87. The van der Waals surface area contributed by atoms with E-state index >= 15 is 0 Å². The van der Waals surface area contributed by atoms with Crippen LogP contribution < -0.4 is 0 Å². The zero-order valence-electron chi connectivity index (χ0n) is 11.9. The molecule has 0 spiro atoms. The topological polar surface area (TPSA) is 9.23 Å². The van der Waals surface area contributed by atoms with Crippen LogP contribution in [0.4, 0.5) is 0 Å². The maximum atomic E-state index is 5.61. The van der Waals surface area contributed by atoms with Crippen molar-refractivity contribution in [1.29, 1.82) is 0 Å². The fourth-order valence-corrected chi connectivity index (χ4v) is 1.57. The van der Waals surface area contributed by atoms with Crippen LogP contribution in [-0.2, 0) is 4.74 Å². The van der Waals surface area contributed by atoms with Crippen molar-refractivity contribution >= 4 is 6.08 Å². The molecule has 0 bridgehead atoms. The van der Waals surface area contributed by atoms with Gasteiger partial charge in [-0.2, -0.15) is 0 Å². The van der Waals surface area contributed by atoms with Gasteiger partial charge in [0.1, 0.15) is 0 Å². The van der Waals surface area contributed by atoms with E-state index < -0.39 is 0 Å². The van der Waals surface area contributed by atoms with Crippen LogP contribution >= 0.6 is 0 Å². The molecule has 1 aromatic carbocycles. The Hall–Kier alpha value is -1.34. The molecule has 0 fully saturated rings. The first-order chi connectivity index (χ1) is 8.47. The number of allylic oxidation sites excluding steroid dienone is 1. The van der Waals surface area contributed by atoms with Crippen LogP contribution in [0.15, 0.2) is 48.1 Å². The van der Waals surface area contributed by atoms with Crippen molar-refractivity contribution in [2.24, 2.45) is 5.41 Å². The maximum absolute atomic E-state index is 5.61. The van der Waals surface area contributed by atoms with Gasteiger partial charge in [-0.25, -0.2) is 0 Å². The number of hydrogen-bond donors (Lipinski definition) is 0. The summed E-state index contributed by atoms with van der Waals surface area (Å²) in [6, 6.07) is 10.3. The average Bonchev–Trinajstić information content (AvgIpc) is 2.28. The Bertz CT molecular complexity index is 393. The summed E-state index contributed by atoms with van der Waals surface area (Å²) >= 11 is 0. The molecule has 0 saturated heterocycles. The zero-order chi connectivity index (χ0) is 13.4. The molecule has 0 aliphatic heterocycles. The van der Waals surface area contributed by atoms with E-state index in [1.165, 1.54) is 11.1 Å². The maximum Gasteiger partial charge on any atom is 0.0681 e. The van der Waals surface area contributed by atoms with Crippen LogP contribution in [0.5, 0.6) is 0 Å². The summed E-state index contributed by atoms with van der Waals surface area (Å²) in [7, 11) is 0. The quantitative estimate of drug-likeness (QED) is 0.538. The second-order valence-electron chi connectivity index (χ2n) is 5.68. The highest BCUT2D eigenvalue weighted by molar-refractivity contribution is 5.52. The Morgan fingerprint density at radius 2 is 1.83 bits per heavy atom. The second-order valence-corrected chi connectivity index (χ2v) is 5.68. The summed E-state index contributed by atoms with van der Waals surface area (Å²) in [5.41, 5.74) is 2.70. The molecule has 1 heteroatoms. The molecule has 0 N–H and O–H groups in total. The molecular formula is C17H24O. The largest absolute Gasteiger partial charge is 0.373 e. The normalized spacial score (nSPS) is 13.2. The van der Waals surface area contributed by atoms with Gasteiger partial charge in [0.25, 0.3) is 0 Å². The third-order valence-corrected chi connectivity index (χ3v) is 2.37. The summed E-state index contributed by atoms with van der Waals surface area (Å²) in [4.78, 5) is 0. The molecule has 1 nitrogen and oxygen atoms in total. The van der Waals surface area contributed by atoms with Gasteiger partial charge in [0.2, 0.25) is 0 Å². The first-order valence-corrected chi connectivity index (χ1v) is 6.45. The highest BCUT2D eigenvalue weighted by atomic mass is 16.5. The number of rotatable bonds is 5. The summed E-state index contributed by atoms with van der Waals surface area (Å²) in [6.45, 7) is 10.0. The third-order valence-electron chi connectivity index (χ3n) is 2.37. The van der Waals surface area contributed by atoms with Crippen molar-refractivity contribution in [1.82, 2.24) is 0 Å². The standard InChI is InChI=1S/C17H24O/c1-15(13-16-9-6-5-7-10-16)14-18-12-8-11-17(2,3)4/h5-11,13H,12,14H2,1-4H3/b11-8+,15-13+. The molecule has 0 aliphatic carbocycles. The van der Waals surface area contributed by atoms with Crippen molar-refractivity contribution in [2.45, 2.75) is 27.7 Å². The predicted molar refractivity (Wildman–Crippen MR) is 79.5 cm³/mol. The Morgan fingerprint density at radius 3 is 2.44 bits per heavy atom. The fraction of sp³-hybridized carbons (Fsp3) is 0.412. The molecule has 1 rings (SSSR count). The Labute approximate surface area is 111 Å². The molecule has 0 unspecified atom stereocenters. The third kappa shape index (κ3) is 7.08. The summed E-state index contributed by atoms with van der Waals surface area (Å²) in [5.74, 6) is 0. The highest BCUT2D eigenvalue weighted by Gasteiger charge is 2.02. The van der Waals surface area contributed by atoms with Crippen LogP contribution in [0.2, 0.25) is 0 Å². The second kappa shape index (κ2) is 7.17. The monoisotopic (exact) mass is 244 g/mol. The van der Waals surface area contributed by atoms with E-state index in [4.69, 9.17) is 4.74 Å². The molecule has 18 heavy (non-hydrogen) atoms. The lowest BCUT2D eigenvalue weighted by atomic mass is 9.96. The van der Waals surface area contributed by atoms with Gasteiger partial charge < -0.3 is 4.74 Å². The SMILES string of the molecule is C/C(=C\c1ccccc1)COC/C=C/C(C)(C)C. The van der Waals surface area contributed by atoms with E-state index in [1.807, 2.05) is 18.2 Å².